The maximum absolute atomic E-state index is 11.1. The summed E-state index contributed by atoms with van der Waals surface area (Å²) in [5.41, 5.74) is 1.74. The molecule has 90 valence electrons. The summed E-state index contributed by atoms with van der Waals surface area (Å²) in [7, 11) is 0. The van der Waals surface area contributed by atoms with Crippen LogP contribution in [0.1, 0.15) is 53.4 Å². The summed E-state index contributed by atoms with van der Waals surface area (Å²) in [5, 5.41) is 8.46. The van der Waals surface area contributed by atoms with Gasteiger partial charge in [-0.3, -0.25) is 10.0 Å². The molecule has 1 rings (SSSR count). The summed E-state index contributed by atoms with van der Waals surface area (Å²) in [4.78, 5) is 11.1. The molecule has 3 heteroatoms. The van der Waals surface area contributed by atoms with Gasteiger partial charge in [0.25, 0.3) is 0 Å². The standard InChI is InChI=1S/C10H19NO2.C2H6/c1-7(2)8-3-5-9(6-4-8)10(12)11-13;1-2/h7-9,13H,3-6H2,1-2H3,(H,11,12);1-2H3. The van der Waals surface area contributed by atoms with Crippen molar-refractivity contribution in [1.82, 2.24) is 5.48 Å². The Morgan fingerprint density at radius 3 is 2.00 bits per heavy atom. The van der Waals surface area contributed by atoms with E-state index in [-0.39, 0.29) is 11.8 Å². The topological polar surface area (TPSA) is 49.3 Å². The second-order valence-corrected chi connectivity index (χ2v) is 4.33. The Labute approximate surface area is 93.2 Å². The first-order valence-electron chi connectivity index (χ1n) is 6.09. The Bertz CT molecular complexity index is 172. The largest absolute Gasteiger partial charge is 0.289 e. The van der Waals surface area contributed by atoms with E-state index in [1.807, 2.05) is 13.8 Å². The zero-order valence-corrected chi connectivity index (χ0v) is 10.4. The van der Waals surface area contributed by atoms with Gasteiger partial charge in [0.05, 0.1) is 0 Å². The van der Waals surface area contributed by atoms with Gasteiger partial charge in [-0.1, -0.05) is 27.7 Å². The SMILES string of the molecule is CC.CC(C)C1CCC(C(=O)NO)CC1. The van der Waals surface area contributed by atoms with E-state index < -0.39 is 0 Å². The van der Waals surface area contributed by atoms with Gasteiger partial charge in [0.15, 0.2) is 0 Å². The van der Waals surface area contributed by atoms with Gasteiger partial charge in [0.2, 0.25) is 5.91 Å². The Balaban J connectivity index is 0.000000921. The van der Waals surface area contributed by atoms with E-state index in [4.69, 9.17) is 5.21 Å². The highest BCUT2D eigenvalue weighted by atomic mass is 16.5. The van der Waals surface area contributed by atoms with Crippen LogP contribution in [0.5, 0.6) is 0 Å². The van der Waals surface area contributed by atoms with Crippen LogP contribution >= 0.6 is 0 Å². The van der Waals surface area contributed by atoms with E-state index >= 15 is 0 Å². The highest BCUT2D eigenvalue weighted by molar-refractivity contribution is 5.77. The van der Waals surface area contributed by atoms with E-state index in [1.165, 1.54) is 0 Å². The molecular formula is C12H25NO2. The second-order valence-electron chi connectivity index (χ2n) is 4.33. The number of hydrogen-bond donors (Lipinski definition) is 2. The zero-order chi connectivity index (χ0) is 11.8. The predicted octanol–water partition coefficient (Wildman–Crippen LogP) is 2.98. The molecule has 0 aromatic heterocycles. The minimum Gasteiger partial charge on any atom is -0.289 e. The molecule has 0 heterocycles. The van der Waals surface area contributed by atoms with Crippen LogP contribution < -0.4 is 5.48 Å². The molecule has 15 heavy (non-hydrogen) atoms. The van der Waals surface area contributed by atoms with Crippen LogP contribution in [0.15, 0.2) is 0 Å². The van der Waals surface area contributed by atoms with Gasteiger partial charge < -0.3 is 0 Å². The summed E-state index contributed by atoms with van der Waals surface area (Å²) >= 11 is 0. The monoisotopic (exact) mass is 215 g/mol. The fraction of sp³-hybridized carbons (Fsp3) is 0.917. The minimum absolute atomic E-state index is 0.0417. The first-order chi connectivity index (χ1) is 7.15. The highest BCUT2D eigenvalue weighted by Gasteiger charge is 2.27. The van der Waals surface area contributed by atoms with Crippen LogP contribution in [0, 0.1) is 17.8 Å². The second kappa shape index (κ2) is 7.69. The molecule has 1 fully saturated rings. The number of hydrogen-bond acceptors (Lipinski definition) is 2. The van der Waals surface area contributed by atoms with Crippen molar-refractivity contribution in [3.05, 3.63) is 0 Å². The Morgan fingerprint density at radius 2 is 1.67 bits per heavy atom. The lowest BCUT2D eigenvalue weighted by Gasteiger charge is -2.29. The lowest BCUT2D eigenvalue weighted by Crippen LogP contribution is -2.31. The quantitative estimate of drug-likeness (QED) is 0.549. The average molecular weight is 215 g/mol. The van der Waals surface area contributed by atoms with Crippen LogP contribution in [0.2, 0.25) is 0 Å². The van der Waals surface area contributed by atoms with Crippen molar-refractivity contribution >= 4 is 5.91 Å². The van der Waals surface area contributed by atoms with Crippen LogP contribution in [-0.4, -0.2) is 11.1 Å². The van der Waals surface area contributed by atoms with Gasteiger partial charge in [-0.25, -0.2) is 5.48 Å². The van der Waals surface area contributed by atoms with Crippen molar-refractivity contribution in [2.24, 2.45) is 17.8 Å². The van der Waals surface area contributed by atoms with E-state index in [0.717, 1.165) is 37.5 Å². The molecule has 0 saturated heterocycles. The molecule has 0 aliphatic heterocycles. The van der Waals surface area contributed by atoms with E-state index in [2.05, 4.69) is 13.8 Å². The third-order valence-corrected chi connectivity index (χ3v) is 3.20. The number of amides is 1. The zero-order valence-electron chi connectivity index (χ0n) is 10.4. The lowest BCUT2D eigenvalue weighted by atomic mass is 9.77. The van der Waals surface area contributed by atoms with Gasteiger partial charge >= 0.3 is 0 Å². The fourth-order valence-corrected chi connectivity index (χ4v) is 2.14. The average Bonchev–Trinajstić information content (AvgIpc) is 2.31. The molecule has 0 bridgehead atoms. The molecule has 0 unspecified atom stereocenters. The van der Waals surface area contributed by atoms with Crippen LogP contribution in [0.4, 0.5) is 0 Å². The minimum atomic E-state index is -0.206. The highest BCUT2D eigenvalue weighted by Crippen LogP contribution is 2.33. The number of nitrogens with one attached hydrogen (secondary N) is 1. The van der Waals surface area contributed by atoms with Crippen molar-refractivity contribution in [3.8, 4) is 0 Å². The number of carbonyl (C=O) groups is 1. The molecule has 1 aliphatic carbocycles. The van der Waals surface area contributed by atoms with Crippen molar-refractivity contribution in [3.63, 3.8) is 0 Å². The molecule has 1 aliphatic rings. The lowest BCUT2D eigenvalue weighted by molar-refractivity contribution is -0.134. The molecule has 1 saturated carbocycles. The molecule has 2 N–H and O–H groups in total. The molecule has 0 radical (unpaired) electrons. The van der Waals surface area contributed by atoms with Gasteiger partial charge in [-0.05, 0) is 37.5 Å². The predicted molar refractivity (Wildman–Crippen MR) is 61.6 cm³/mol. The van der Waals surface area contributed by atoms with E-state index in [0.29, 0.717) is 0 Å². The summed E-state index contributed by atoms with van der Waals surface area (Å²) in [6.07, 6.45) is 4.09. The summed E-state index contributed by atoms with van der Waals surface area (Å²) in [6.45, 7) is 8.47. The van der Waals surface area contributed by atoms with Crippen LogP contribution in [0.3, 0.4) is 0 Å². The number of rotatable bonds is 2. The first kappa shape index (κ1) is 14.4. The molecular weight excluding hydrogens is 190 g/mol. The van der Waals surface area contributed by atoms with E-state index in [9.17, 15) is 4.79 Å². The Morgan fingerprint density at radius 1 is 1.20 bits per heavy atom. The maximum atomic E-state index is 11.1. The molecule has 3 nitrogen and oxygen atoms in total. The molecule has 0 aromatic carbocycles. The number of hydroxylamine groups is 1. The fourth-order valence-electron chi connectivity index (χ4n) is 2.14. The van der Waals surface area contributed by atoms with Crippen LogP contribution in [0.25, 0.3) is 0 Å². The van der Waals surface area contributed by atoms with E-state index in [1.54, 1.807) is 5.48 Å². The Hall–Kier alpha value is -0.570. The third-order valence-electron chi connectivity index (χ3n) is 3.20. The number of carbonyl (C=O) groups excluding carboxylic acids is 1. The molecule has 0 aromatic rings. The van der Waals surface area contributed by atoms with Crippen LogP contribution in [-0.2, 0) is 4.79 Å². The summed E-state index contributed by atoms with van der Waals surface area (Å²) in [5.74, 6) is 1.32. The van der Waals surface area contributed by atoms with Gasteiger partial charge in [0.1, 0.15) is 0 Å². The third kappa shape index (κ3) is 4.65. The summed E-state index contributed by atoms with van der Waals surface area (Å²) < 4.78 is 0. The normalized spacial score (nSPS) is 25.5. The Kier molecular flexibility index (Phi) is 7.39. The van der Waals surface area contributed by atoms with Crippen molar-refractivity contribution in [2.45, 2.75) is 53.4 Å². The van der Waals surface area contributed by atoms with Gasteiger partial charge in [-0.15, -0.1) is 0 Å². The van der Waals surface area contributed by atoms with Gasteiger partial charge in [-0.2, -0.15) is 0 Å². The molecule has 0 spiro atoms. The summed E-state index contributed by atoms with van der Waals surface area (Å²) in [6, 6.07) is 0. The van der Waals surface area contributed by atoms with Gasteiger partial charge in [0, 0.05) is 5.92 Å². The van der Waals surface area contributed by atoms with Crippen molar-refractivity contribution < 1.29 is 10.0 Å². The molecule has 0 atom stereocenters. The van der Waals surface area contributed by atoms with Crippen molar-refractivity contribution in [2.75, 3.05) is 0 Å². The first-order valence-corrected chi connectivity index (χ1v) is 6.09. The molecule has 1 amide bonds. The smallest absolute Gasteiger partial charge is 0.246 e. The maximum Gasteiger partial charge on any atom is 0.246 e. The van der Waals surface area contributed by atoms with Crippen molar-refractivity contribution in [1.29, 1.82) is 0 Å².